The summed E-state index contributed by atoms with van der Waals surface area (Å²) in [6.45, 7) is 3.13. The van der Waals surface area contributed by atoms with Gasteiger partial charge in [0.25, 0.3) is 0 Å². The van der Waals surface area contributed by atoms with E-state index in [0.717, 1.165) is 39.1 Å². The van der Waals surface area contributed by atoms with Gasteiger partial charge >= 0.3 is 0 Å². The van der Waals surface area contributed by atoms with Gasteiger partial charge in [-0.1, -0.05) is 0 Å². The lowest BCUT2D eigenvalue weighted by Gasteiger charge is -2.35. The van der Waals surface area contributed by atoms with Crippen LogP contribution in [0.15, 0.2) is 0 Å². The van der Waals surface area contributed by atoms with E-state index in [2.05, 4.69) is 16.9 Å². The van der Waals surface area contributed by atoms with Gasteiger partial charge in [-0.2, -0.15) is 11.8 Å². The van der Waals surface area contributed by atoms with E-state index in [1.165, 1.54) is 0 Å². The number of carbonyl (C=O) groups excluding carboxylic acids is 1. The second-order valence-corrected chi connectivity index (χ2v) is 5.40. The van der Waals surface area contributed by atoms with Crippen molar-refractivity contribution in [1.82, 2.24) is 10.6 Å². The highest BCUT2D eigenvalue weighted by atomic mass is 32.2. The highest BCUT2D eigenvalue weighted by molar-refractivity contribution is 8.00. The summed E-state index contributed by atoms with van der Waals surface area (Å²) >= 11 is 1.85. The van der Waals surface area contributed by atoms with Crippen LogP contribution in [0.1, 0.15) is 19.3 Å². The largest absolute Gasteiger partial charge is 0.381 e. The zero-order valence-corrected chi connectivity index (χ0v) is 11.0. The minimum Gasteiger partial charge on any atom is -0.381 e. The molecule has 1 saturated heterocycles. The predicted octanol–water partition coefficient (Wildman–Crippen LogP) is 0.624. The van der Waals surface area contributed by atoms with Crippen LogP contribution < -0.4 is 10.6 Å². The summed E-state index contributed by atoms with van der Waals surface area (Å²) in [5, 5.41) is 6.00. The normalized spacial score (nSPS) is 19.4. The maximum absolute atomic E-state index is 11.5. The van der Waals surface area contributed by atoms with E-state index in [9.17, 15) is 4.79 Å². The Morgan fingerprint density at radius 2 is 2.12 bits per heavy atom. The minimum atomic E-state index is 0.134. The summed E-state index contributed by atoms with van der Waals surface area (Å²) in [4.78, 5) is 11.5. The molecule has 1 fully saturated rings. The van der Waals surface area contributed by atoms with E-state index in [-0.39, 0.29) is 10.7 Å². The van der Waals surface area contributed by atoms with Crippen LogP contribution in [0.3, 0.4) is 0 Å². The number of nitrogens with one attached hydrogen (secondary N) is 2. The first-order chi connectivity index (χ1) is 7.72. The molecule has 16 heavy (non-hydrogen) atoms. The number of hydrogen-bond donors (Lipinski definition) is 2. The Bertz CT molecular complexity index is 218. The zero-order chi connectivity index (χ0) is 11.9. The fourth-order valence-corrected chi connectivity index (χ4v) is 2.57. The maximum Gasteiger partial charge on any atom is 0.221 e. The fourth-order valence-electron chi connectivity index (χ4n) is 1.78. The van der Waals surface area contributed by atoms with Crippen LogP contribution >= 0.6 is 11.8 Å². The van der Waals surface area contributed by atoms with Crippen LogP contribution in [0.5, 0.6) is 0 Å². The highest BCUT2D eigenvalue weighted by Gasteiger charge is 2.31. The van der Waals surface area contributed by atoms with Gasteiger partial charge < -0.3 is 15.4 Å². The Hall–Kier alpha value is -0.260. The van der Waals surface area contributed by atoms with Crippen molar-refractivity contribution >= 4 is 17.7 Å². The summed E-state index contributed by atoms with van der Waals surface area (Å²) in [6.07, 6.45) is 4.73. The SMILES string of the molecule is CNCCC(=O)NCC1(SC)CCOCC1. The minimum absolute atomic E-state index is 0.134. The van der Waals surface area contributed by atoms with Crippen molar-refractivity contribution in [3.63, 3.8) is 0 Å². The van der Waals surface area contributed by atoms with Gasteiger partial charge in [0.15, 0.2) is 0 Å². The standard InChI is InChI=1S/C11H22N2O2S/c1-12-6-3-10(14)13-9-11(16-2)4-7-15-8-5-11/h12H,3-9H2,1-2H3,(H,13,14). The van der Waals surface area contributed by atoms with Gasteiger partial charge in [-0.3, -0.25) is 4.79 Å². The van der Waals surface area contributed by atoms with Crippen LogP contribution in [0.4, 0.5) is 0 Å². The van der Waals surface area contributed by atoms with E-state index >= 15 is 0 Å². The smallest absolute Gasteiger partial charge is 0.221 e. The number of rotatable bonds is 6. The van der Waals surface area contributed by atoms with Crippen LogP contribution in [-0.4, -0.2) is 50.3 Å². The number of hydrogen-bond acceptors (Lipinski definition) is 4. The topological polar surface area (TPSA) is 50.4 Å². The molecule has 0 aromatic rings. The molecule has 5 heteroatoms. The molecule has 2 N–H and O–H groups in total. The average molecular weight is 246 g/mol. The maximum atomic E-state index is 11.5. The van der Waals surface area contributed by atoms with Gasteiger partial charge in [0.1, 0.15) is 0 Å². The summed E-state index contributed by atoms with van der Waals surface area (Å²) < 4.78 is 5.55. The molecule has 1 rings (SSSR count). The van der Waals surface area contributed by atoms with Crippen molar-refractivity contribution in [3.05, 3.63) is 0 Å². The lowest BCUT2D eigenvalue weighted by Crippen LogP contribution is -2.44. The zero-order valence-electron chi connectivity index (χ0n) is 10.2. The Kier molecular flexibility index (Phi) is 6.16. The molecule has 0 spiro atoms. The van der Waals surface area contributed by atoms with Crippen LogP contribution in [0.25, 0.3) is 0 Å². The molecule has 0 aliphatic carbocycles. The van der Waals surface area contributed by atoms with E-state index < -0.39 is 0 Å². The first kappa shape index (κ1) is 13.8. The second-order valence-electron chi connectivity index (χ2n) is 4.13. The van der Waals surface area contributed by atoms with Gasteiger partial charge in [0, 0.05) is 37.5 Å². The van der Waals surface area contributed by atoms with E-state index in [1.54, 1.807) is 0 Å². The van der Waals surface area contributed by atoms with Gasteiger partial charge in [0.2, 0.25) is 5.91 Å². The molecule has 0 aromatic heterocycles. The molecule has 1 amide bonds. The number of thioether (sulfide) groups is 1. The quantitative estimate of drug-likeness (QED) is 0.721. The van der Waals surface area contributed by atoms with Crippen LogP contribution in [0, 0.1) is 0 Å². The molecule has 0 atom stereocenters. The van der Waals surface area contributed by atoms with Crippen LogP contribution in [-0.2, 0) is 9.53 Å². The van der Waals surface area contributed by atoms with E-state index in [4.69, 9.17) is 4.74 Å². The van der Waals surface area contributed by atoms with E-state index in [1.807, 2.05) is 18.8 Å². The summed E-state index contributed by atoms with van der Waals surface area (Å²) in [5.74, 6) is 0.134. The van der Waals surface area contributed by atoms with Crippen molar-refractivity contribution in [1.29, 1.82) is 0 Å². The summed E-state index contributed by atoms with van der Waals surface area (Å²) in [6, 6.07) is 0. The monoisotopic (exact) mass is 246 g/mol. The second kappa shape index (κ2) is 7.14. The molecule has 94 valence electrons. The third-order valence-corrected chi connectivity index (χ3v) is 4.47. The molecule has 0 saturated carbocycles. The Morgan fingerprint density at radius 1 is 1.44 bits per heavy atom. The first-order valence-corrected chi connectivity index (χ1v) is 6.99. The Balaban J connectivity index is 2.30. The van der Waals surface area contributed by atoms with Gasteiger partial charge in [-0.25, -0.2) is 0 Å². The molecule has 0 bridgehead atoms. The molecule has 0 aromatic carbocycles. The van der Waals surface area contributed by atoms with Gasteiger partial charge in [0.05, 0.1) is 0 Å². The summed E-state index contributed by atoms with van der Waals surface area (Å²) in [7, 11) is 1.86. The van der Waals surface area contributed by atoms with Crippen molar-refractivity contribution in [2.45, 2.75) is 24.0 Å². The molecule has 1 heterocycles. The molecule has 0 unspecified atom stereocenters. The summed E-state index contributed by atoms with van der Waals surface area (Å²) in [5.41, 5.74) is 0. The van der Waals surface area contributed by atoms with Crippen molar-refractivity contribution in [2.24, 2.45) is 0 Å². The Labute approximate surface area is 102 Å². The van der Waals surface area contributed by atoms with E-state index in [0.29, 0.717) is 6.42 Å². The molecule has 0 radical (unpaired) electrons. The lowest BCUT2D eigenvalue weighted by atomic mass is 9.99. The average Bonchev–Trinajstić information content (AvgIpc) is 2.35. The lowest BCUT2D eigenvalue weighted by molar-refractivity contribution is -0.121. The van der Waals surface area contributed by atoms with Crippen LogP contribution in [0.2, 0.25) is 0 Å². The van der Waals surface area contributed by atoms with Crippen molar-refractivity contribution < 1.29 is 9.53 Å². The number of amides is 1. The molecular weight excluding hydrogens is 224 g/mol. The third-order valence-electron chi connectivity index (χ3n) is 3.05. The first-order valence-electron chi connectivity index (χ1n) is 5.77. The van der Waals surface area contributed by atoms with Crippen molar-refractivity contribution in [3.8, 4) is 0 Å². The fraction of sp³-hybridized carbons (Fsp3) is 0.909. The molecule has 1 aliphatic heterocycles. The third kappa shape index (κ3) is 4.31. The van der Waals surface area contributed by atoms with Gasteiger partial charge in [-0.05, 0) is 26.1 Å². The molecule has 1 aliphatic rings. The Morgan fingerprint density at radius 3 is 2.69 bits per heavy atom. The number of carbonyl (C=O) groups is 1. The number of ether oxygens (including phenoxy) is 1. The van der Waals surface area contributed by atoms with Gasteiger partial charge in [-0.15, -0.1) is 0 Å². The highest BCUT2D eigenvalue weighted by Crippen LogP contribution is 2.32. The molecule has 4 nitrogen and oxygen atoms in total. The van der Waals surface area contributed by atoms with Crippen molar-refractivity contribution in [2.75, 3.05) is 39.6 Å². The predicted molar refractivity (Wildman–Crippen MR) is 67.9 cm³/mol. The molecular formula is C11H22N2O2S.